The van der Waals surface area contributed by atoms with Crippen molar-refractivity contribution < 1.29 is 4.79 Å². The average molecular weight is 156 g/mol. The normalized spacial score (nSPS) is 9.73. The zero-order valence-electron chi connectivity index (χ0n) is 7.26. The van der Waals surface area contributed by atoms with Crippen LogP contribution < -0.4 is 5.32 Å². The maximum atomic E-state index is 10.4. The molecule has 0 heterocycles. The van der Waals surface area contributed by atoms with Gasteiger partial charge in [-0.1, -0.05) is 6.08 Å². The van der Waals surface area contributed by atoms with Crippen LogP contribution in [0.1, 0.15) is 6.92 Å². The molecule has 0 atom stereocenters. The SMILES string of the molecule is C=CCN(C)CCNC(C)=O. The maximum Gasteiger partial charge on any atom is 0.216 e. The Bertz CT molecular complexity index is 134. The lowest BCUT2D eigenvalue weighted by molar-refractivity contribution is -0.118. The Labute approximate surface area is 68.1 Å². The van der Waals surface area contributed by atoms with Crippen LogP contribution in [-0.2, 0) is 4.79 Å². The van der Waals surface area contributed by atoms with E-state index in [9.17, 15) is 4.79 Å². The third kappa shape index (κ3) is 7.06. The van der Waals surface area contributed by atoms with E-state index in [1.807, 2.05) is 13.1 Å². The summed E-state index contributed by atoms with van der Waals surface area (Å²) in [6, 6.07) is 0. The van der Waals surface area contributed by atoms with Crippen LogP contribution in [0.5, 0.6) is 0 Å². The third-order valence-corrected chi connectivity index (χ3v) is 1.31. The van der Waals surface area contributed by atoms with E-state index in [1.165, 1.54) is 6.92 Å². The van der Waals surface area contributed by atoms with Crippen molar-refractivity contribution in [3.8, 4) is 0 Å². The predicted molar refractivity (Wildman–Crippen MR) is 46.4 cm³/mol. The Morgan fingerprint density at radius 3 is 2.82 bits per heavy atom. The van der Waals surface area contributed by atoms with E-state index in [-0.39, 0.29) is 5.91 Å². The molecule has 0 rings (SSSR count). The monoisotopic (exact) mass is 156 g/mol. The molecule has 0 aliphatic rings. The average Bonchev–Trinajstić information content (AvgIpc) is 1.87. The molecule has 3 nitrogen and oxygen atoms in total. The van der Waals surface area contributed by atoms with Crippen molar-refractivity contribution in [2.75, 3.05) is 26.7 Å². The number of hydrogen-bond donors (Lipinski definition) is 1. The molecule has 0 aromatic heterocycles. The second-order valence-electron chi connectivity index (χ2n) is 2.53. The summed E-state index contributed by atoms with van der Waals surface area (Å²) in [6.45, 7) is 7.57. The molecule has 0 fully saturated rings. The second-order valence-corrected chi connectivity index (χ2v) is 2.53. The number of nitrogens with one attached hydrogen (secondary N) is 1. The molecule has 0 aromatic carbocycles. The van der Waals surface area contributed by atoms with Crippen molar-refractivity contribution in [2.45, 2.75) is 6.92 Å². The van der Waals surface area contributed by atoms with Gasteiger partial charge in [-0.05, 0) is 7.05 Å². The van der Waals surface area contributed by atoms with Crippen molar-refractivity contribution in [2.24, 2.45) is 0 Å². The molecule has 0 unspecified atom stereocenters. The molecule has 1 amide bonds. The van der Waals surface area contributed by atoms with Crippen LogP contribution in [0.4, 0.5) is 0 Å². The van der Waals surface area contributed by atoms with E-state index < -0.39 is 0 Å². The van der Waals surface area contributed by atoms with Crippen LogP contribution in [0, 0.1) is 0 Å². The van der Waals surface area contributed by atoms with Crippen LogP contribution in [0.2, 0.25) is 0 Å². The van der Waals surface area contributed by atoms with Gasteiger partial charge in [-0.15, -0.1) is 6.58 Å². The third-order valence-electron chi connectivity index (χ3n) is 1.31. The summed E-state index contributed by atoms with van der Waals surface area (Å²) < 4.78 is 0. The highest BCUT2D eigenvalue weighted by atomic mass is 16.1. The van der Waals surface area contributed by atoms with Crippen LogP contribution >= 0.6 is 0 Å². The fourth-order valence-corrected chi connectivity index (χ4v) is 0.734. The van der Waals surface area contributed by atoms with Gasteiger partial charge in [0.05, 0.1) is 0 Å². The molecular formula is C8H16N2O. The van der Waals surface area contributed by atoms with Crippen molar-refractivity contribution >= 4 is 5.91 Å². The van der Waals surface area contributed by atoms with Crippen molar-refractivity contribution in [1.82, 2.24) is 10.2 Å². The quantitative estimate of drug-likeness (QED) is 0.578. The van der Waals surface area contributed by atoms with Crippen molar-refractivity contribution in [3.05, 3.63) is 12.7 Å². The fraction of sp³-hybridized carbons (Fsp3) is 0.625. The van der Waals surface area contributed by atoms with Crippen LogP contribution in [0.15, 0.2) is 12.7 Å². The zero-order chi connectivity index (χ0) is 8.69. The molecule has 0 saturated carbocycles. The number of nitrogens with zero attached hydrogens (tertiary/aromatic N) is 1. The Morgan fingerprint density at radius 1 is 1.73 bits per heavy atom. The van der Waals surface area contributed by atoms with Gasteiger partial charge in [0, 0.05) is 26.6 Å². The lowest BCUT2D eigenvalue weighted by Gasteiger charge is -2.13. The van der Waals surface area contributed by atoms with Gasteiger partial charge in [0.1, 0.15) is 0 Å². The van der Waals surface area contributed by atoms with E-state index >= 15 is 0 Å². The molecule has 0 radical (unpaired) electrons. The minimum atomic E-state index is 0.0250. The van der Waals surface area contributed by atoms with Crippen molar-refractivity contribution in [3.63, 3.8) is 0 Å². The smallest absolute Gasteiger partial charge is 0.216 e. The summed E-state index contributed by atoms with van der Waals surface area (Å²) in [5, 5.41) is 2.72. The minimum absolute atomic E-state index is 0.0250. The summed E-state index contributed by atoms with van der Waals surface area (Å²) in [5.41, 5.74) is 0. The van der Waals surface area contributed by atoms with Gasteiger partial charge < -0.3 is 10.2 Å². The summed E-state index contributed by atoms with van der Waals surface area (Å²) in [7, 11) is 1.99. The molecule has 3 heteroatoms. The predicted octanol–water partition coefficient (Wildman–Crippen LogP) is 0.240. The molecule has 0 spiro atoms. The summed E-state index contributed by atoms with van der Waals surface area (Å²) in [5.74, 6) is 0.0250. The molecule has 0 saturated heterocycles. The first-order chi connectivity index (χ1) is 5.16. The molecule has 0 aromatic rings. The van der Waals surface area contributed by atoms with Crippen molar-refractivity contribution in [1.29, 1.82) is 0 Å². The molecular weight excluding hydrogens is 140 g/mol. The van der Waals surface area contributed by atoms with E-state index in [1.54, 1.807) is 0 Å². The van der Waals surface area contributed by atoms with Gasteiger partial charge in [0.15, 0.2) is 0 Å². The summed E-state index contributed by atoms with van der Waals surface area (Å²) >= 11 is 0. The van der Waals surface area contributed by atoms with E-state index in [0.29, 0.717) is 6.54 Å². The summed E-state index contributed by atoms with van der Waals surface area (Å²) in [4.78, 5) is 12.5. The second kappa shape index (κ2) is 5.92. The number of carbonyl (C=O) groups excluding carboxylic acids is 1. The first-order valence-corrected chi connectivity index (χ1v) is 3.70. The first-order valence-electron chi connectivity index (χ1n) is 3.70. The van der Waals surface area contributed by atoms with Gasteiger partial charge >= 0.3 is 0 Å². The molecule has 0 bridgehead atoms. The van der Waals surface area contributed by atoms with Gasteiger partial charge in [0.2, 0.25) is 5.91 Å². The number of amides is 1. The Balaban J connectivity index is 3.23. The van der Waals surface area contributed by atoms with E-state index in [0.717, 1.165) is 13.1 Å². The largest absolute Gasteiger partial charge is 0.355 e. The Kier molecular flexibility index (Phi) is 5.47. The lowest BCUT2D eigenvalue weighted by atomic mass is 10.5. The van der Waals surface area contributed by atoms with Gasteiger partial charge in [-0.3, -0.25) is 4.79 Å². The zero-order valence-corrected chi connectivity index (χ0v) is 7.26. The number of carbonyl (C=O) groups is 1. The molecule has 1 N–H and O–H groups in total. The van der Waals surface area contributed by atoms with Crippen LogP contribution in [0.25, 0.3) is 0 Å². The Hall–Kier alpha value is -0.830. The minimum Gasteiger partial charge on any atom is -0.355 e. The van der Waals surface area contributed by atoms with Crippen LogP contribution in [-0.4, -0.2) is 37.5 Å². The van der Waals surface area contributed by atoms with Gasteiger partial charge in [0.25, 0.3) is 0 Å². The highest BCUT2D eigenvalue weighted by molar-refractivity contribution is 5.72. The molecule has 0 aliphatic heterocycles. The number of rotatable bonds is 5. The highest BCUT2D eigenvalue weighted by Gasteiger charge is 1.94. The molecule has 64 valence electrons. The topological polar surface area (TPSA) is 32.3 Å². The first kappa shape index (κ1) is 10.2. The molecule has 11 heavy (non-hydrogen) atoms. The van der Waals surface area contributed by atoms with Gasteiger partial charge in [-0.25, -0.2) is 0 Å². The van der Waals surface area contributed by atoms with Gasteiger partial charge in [-0.2, -0.15) is 0 Å². The summed E-state index contributed by atoms with van der Waals surface area (Å²) in [6.07, 6.45) is 1.84. The number of hydrogen-bond acceptors (Lipinski definition) is 2. The number of likely N-dealkylation sites (N-methyl/N-ethyl adjacent to an activating group) is 1. The van der Waals surface area contributed by atoms with E-state index in [2.05, 4.69) is 16.8 Å². The lowest BCUT2D eigenvalue weighted by Crippen LogP contribution is -2.31. The fourth-order valence-electron chi connectivity index (χ4n) is 0.734. The van der Waals surface area contributed by atoms with E-state index in [4.69, 9.17) is 0 Å². The highest BCUT2D eigenvalue weighted by Crippen LogP contribution is 1.79. The molecule has 0 aliphatic carbocycles. The van der Waals surface area contributed by atoms with Crippen LogP contribution in [0.3, 0.4) is 0 Å². The standard InChI is InChI=1S/C8H16N2O/c1-4-6-10(3)7-5-9-8(2)11/h4H,1,5-7H2,2-3H3,(H,9,11). The maximum absolute atomic E-state index is 10.4. The Morgan fingerprint density at radius 2 is 2.36 bits per heavy atom.